The van der Waals surface area contributed by atoms with Crippen molar-refractivity contribution in [2.75, 3.05) is 32.7 Å². The minimum absolute atomic E-state index is 0.221. The first-order chi connectivity index (χ1) is 12.2. The van der Waals surface area contributed by atoms with Gasteiger partial charge in [-0.15, -0.1) is 0 Å². The fourth-order valence-corrected chi connectivity index (χ4v) is 3.96. The van der Waals surface area contributed by atoms with E-state index in [-0.39, 0.29) is 5.91 Å². The molecule has 1 saturated heterocycles. The SMILES string of the molecule is Cc1ccc(CN2CCN(CC(=O)NC3CCCCCC3)CC2)cc1. The number of hydrogen-bond acceptors (Lipinski definition) is 3. The molecule has 138 valence electrons. The van der Waals surface area contributed by atoms with Crippen molar-refractivity contribution >= 4 is 5.91 Å². The molecule has 0 radical (unpaired) electrons. The molecule has 1 aromatic rings. The Labute approximate surface area is 152 Å². The summed E-state index contributed by atoms with van der Waals surface area (Å²) in [6.45, 7) is 7.78. The quantitative estimate of drug-likeness (QED) is 0.835. The summed E-state index contributed by atoms with van der Waals surface area (Å²) in [5, 5.41) is 3.27. The van der Waals surface area contributed by atoms with Crippen LogP contribution < -0.4 is 5.32 Å². The molecule has 1 aliphatic heterocycles. The smallest absolute Gasteiger partial charge is 0.234 e. The molecule has 1 N–H and O–H groups in total. The Morgan fingerprint density at radius 3 is 2.20 bits per heavy atom. The van der Waals surface area contributed by atoms with Gasteiger partial charge in [-0.25, -0.2) is 0 Å². The van der Waals surface area contributed by atoms with Gasteiger partial charge in [0.05, 0.1) is 6.54 Å². The molecule has 1 aliphatic carbocycles. The van der Waals surface area contributed by atoms with Crippen molar-refractivity contribution in [3.05, 3.63) is 35.4 Å². The van der Waals surface area contributed by atoms with E-state index in [4.69, 9.17) is 0 Å². The maximum atomic E-state index is 12.3. The average Bonchev–Trinajstić information content (AvgIpc) is 2.87. The minimum atomic E-state index is 0.221. The van der Waals surface area contributed by atoms with Crippen molar-refractivity contribution in [2.24, 2.45) is 0 Å². The Bertz CT molecular complexity index is 527. The molecule has 1 amide bonds. The third kappa shape index (κ3) is 6.12. The zero-order valence-electron chi connectivity index (χ0n) is 15.7. The first-order valence-corrected chi connectivity index (χ1v) is 9.99. The van der Waals surface area contributed by atoms with Crippen molar-refractivity contribution in [1.82, 2.24) is 15.1 Å². The van der Waals surface area contributed by atoms with E-state index < -0.39 is 0 Å². The lowest BCUT2D eigenvalue weighted by molar-refractivity contribution is -0.123. The summed E-state index contributed by atoms with van der Waals surface area (Å²) in [5.74, 6) is 0.221. The molecule has 1 heterocycles. The van der Waals surface area contributed by atoms with Crippen LogP contribution in [0.25, 0.3) is 0 Å². The number of aryl methyl sites for hydroxylation is 1. The van der Waals surface area contributed by atoms with Crippen LogP contribution in [0.2, 0.25) is 0 Å². The first-order valence-electron chi connectivity index (χ1n) is 9.99. The van der Waals surface area contributed by atoms with Gasteiger partial charge in [0.1, 0.15) is 0 Å². The van der Waals surface area contributed by atoms with Gasteiger partial charge < -0.3 is 5.32 Å². The van der Waals surface area contributed by atoms with Crippen molar-refractivity contribution in [3.8, 4) is 0 Å². The van der Waals surface area contributed by atoms with Gasteiger partial charge in [-0.3, -0.25) is 14.6 Å². The van der Waals surface area contributed by atoms with Crippen LogP contribution in [0, 0.1) is 6.92 Å². The minimum Gasteiger partial charge on any atom is -0.352 e. The second-order valence-corrected chi connectivity index (χ2v) is 7.79. The predicted octanol–water partition coefficient (Wildman–Crippen LogP) is 2.95. The number of piperazine rings is 1. The van der Waals surface area contributed by atoms with Crippen LogP contribution in [-0.2, 0) is 11.3 Å². The van der Waals surface area contributed by atoms with E-state index in [0.717, 1.165) is 45.6 Å². The molecule has 0 atom stereocenters. The molecule has 0 spiro atoms. The van der Waals surface area contributed by atoms with Crippen LogP contribution in [-0.4, -0.2) is 54.5 Å². The molecule has 4 nitrogen and oxygen atoms in total. The van der Waals surface area contributed by atoms with E-state index in [1.807, 2.05) is 0 Å². The summed E-state index contributed by atoms with van der Waals surface area (Å²) in [6.07, 6.45) is 7.52. The van der Waals surface area contributed by atoms with Crippen LogP contribution in [0.1, 0.15) is 49.7 Å². The number of rotatable bonds is 5. The fourth-order valence-electron chi connectivity index (χ4n) is 3.96. The van der Waals surface area contributed by atoms with Gasteiger partial charge in [0.2, 0.25) is 5.91 Å². The maximum absolute atomic E-state index is 12.3. The topological polar surface area (TPSA) is 35.6 Å². The van der Waals surface area contributed by atoms with Gasteiger partial charge in [-0.05, 0) is 25.3 Å². The van der Waals surface area contributed by atoms with Gasteiger partial charge in [0.15, 0.2) is 0 Å². The molecule has 1 aromatic carbocycles. The van der Waals surface area contributed by atoms with Crippen LogP contribution in [0.4, 0.5) is 0 Å². The highest BCUT2D eigenvalue weighted by molar-refractivity contribution is 5.78. The largest absolute Gasteiger partial charge is 0.352 e. The highest BCUT2D eigenvalue weighted by Gasteiger charge is 2.21. The lowest BCUT2D eigenvalue weighted by Crippen LogP contribution is -2.50. The standard InChI is InChI=1S/C21H33N3O/c1-18-8-10-19(11-9-18)16-23-12-14-24(15-13-23)17-21(25)22-20-6-4-2-3-5-7-20/h8-11,20H,2-7,12-17H2,1H3,(H,22,25). The first kappa shape index (κ1) is 18.4. The maximum Gasteiger partial charge on any atom is 0.234 e. The van der Waals surface area contributed by atoms with Gasteiger partial charge in [0.25, 0.3) is 0 Å². The number of amides is 1. The third-order valence-electron chi connectivity index (χ3n) is 5.58. The van der Waals surface area contributed by atoms with Gasteiger partial charge in [-0.2, -0.15) is 0 Å². The molecule has 1 saturated carbocycles. The molecule has 0 bridgehead atoms. The summed E-state index contributed by atoms with van der Waals surface area (Å²) < 4.78 is 0. The predicted molar refractivity (Wildman–Crippen MR) is 103 cm³/mol. The van der Waals surface area contributed by atoms with Crippen molar-refractivity contribution in [2.45, 2.75) is 58.0 Å². The highest BCUT2D eigenvalue weighted by atomic mass is 16.2. The number of hydrogen-bond donors (Lipinski definition) is 1. The zero-order valence-corrected chi connectivity index (χ0v) is 15.7. The van der Waals surface area contributed by atoms with Crippen molar-refractivity contribution in [1.29, 1.82) is 0 Å². The number of carbonyl (C=O) groups is 1. The lowest BCUT2D eigenvalue weighted by Gasteiger charge is -2.34. The molecule has 3 rings (SSSR count). The molecular formula is C21H33N3O. The van der Waals surface area contributed by atoms with E-state index in [2.05, 4.69) is 46.3 Å². The fraction of sp³-hybridized carbons (Fsp3) is 0.667. The Balaban J connectivity index is 1.37. The second-order valence-electron chi connectivity index (χ2n) is 7.79. The molecule has 25 heavy (non-hydrogen) atoms. The number of nitrogens with zero attached hydrogens (tertiary/aromatic N) is 2. The third-order valence-corrected chi connectivity index (χ3v) is 5.58. The number of benzene rings is 1. The second kappa shape index (κ2) is 9.35. The van der Waals surface area contributed by atoms with E-state index in [0.29, 0.717) is 12.6 Å². The van der Waals surface area contributed by atoms with E-state index in [9.17, 15) is 4.79 Å². The van der Waals surface area contributed by atoms with Gasteiger partial charge >= 0.3 is 0 Å². The molecule has 2 aliphatic rings. The number of nitrogens with one attached hydrogen (secondary N) is 1. The summed E-state index contributed by atoms with van der Waals surface area (Å²) in [7, 11) is 0. The molecule has 2 fully saturated rings. The Hall–Kier alpha value is -1.39. The Morgan fingerprint density at radius 2 is 1.56 bits per heavy atom. The number of carbonyl (C=O) groups excluding carboxylic acids is 1. The summed E-state index contributed by atoms with van der Waals surface area (Å²) in [5.41, 5.74) is 2.69. The summed E-state index contributed by atoms with van der Waals surface area (Å²) >= 11 is 0. The van der Waals surface area contributed by atoms with Gasteiger partial charge in [-0.1, -0.05) is 55.5 Å². The van der Waals surface area contributed by atoms with Crippen LogP contribution in [0.5, 0.6) is 0 Å². The van der Waals surface area contributed by atoms with Crippen LogP contribution in [0.15, 0.2) is 24.3 Å². The van der Waals surface area contributed by atoms with E-state index in [1.165, 1.54) is 36.8 Å². The monoisotopic (exact) mass is 343 g/mol. The lowest BCUT2D eigenvalue weighted by atomic mass is 10.1. The highest BCUT2D eigenvalue weighted by Crippen LogP contribution is 2.17. The van der Waals surface area contributed by atoms with Crippen molar-refractivity contribution < 1.29 is 4.79 Å². The normalized spacial score (nSPS) is 21.0. The average molecular weight is 344 g/mol. The zero-order chi connectivity index (χ0) is 17.5. The summed E-state index contributed by atoms with van der Waals surface area (Å²) in [6, 6.07) is 9.23. The molecule has 0 aromatic heterocycles. The molecular weight excluding hydrogens is 310 g/mol. The van der Waals surface area contributed by atoms with Crippen LogP contribution >= 0.6 is 0 Å². The Kier molecular flexibility index (Phi) is 6.88. The molecule has 4 heteroatoms. The Morgan fingerprint density at radius 1 is 0.960 bits per heavy atom. The van der Waals surface area contributed by atoms with E-state index >= 15 is 0 Å². The van der Waals surface area contributed by atoms with Crippen LogP contribution in [0.3, 0.4) is 0 Å². The van der Waals surface area contributed by atoms with Crippen molar-refractivity contribution in [3.63, 3.8) is 0 Å². The van der Waals surface area contributed by atoms with Gasteiger partial charge in [0, 0.05) is 38.8 Å². The molecule has 0 unspecified atom stereocenters. The summed E-state index contributed by atoms with van der Waals surface area (Å²) in [4.78, 5) is 17.1. The van der Waals surface area contributed by atoms with E-state index in [1.54, 1.807) is 0 Å².